The van der Waals surface area contributed by atoms with E-state index < -0.39 is 0 Å². The Hall–Kier alpha value is -2.29. The Morgan fingerprint density at radius 1 is 1.08 bits per heavy atom. The lowest BCUT2D eigenvalue weighted by Crippen LogP contribution is -2.16. The number of hydrogen-bond donors (Lipinski definition) is 1. The summed E-state index contributed by atoms with van der Waals surface area (Å²) in [7, 11) is 0. The van der Waals surface area contributed by atoms with Crippen molar-refractivity contribution >= 4 is 11.6 Å². The molecule has 1 unspecified atom stereocenters. The number of amides is 1. The van der Waals surface area contributed by atoms with Gasteiger partial charge in [-0.25, -0.2) is 0 Å². The Bertz CT molecular complexity index is 762. The molecule has 2 aliphatic rings. The zero-order valence-corrected chi connectivity index (χ0v) is 14.0. The maximum Gasteiger partial charge on any atom is 0.232 e. The highest BCUT2D eigenvalue weighted by Gasteiger charge is 2.32. The van der Waals surface area contributed by atoms with E-state index in [4.69, 9.17) is 4.74 Å². The van der Waals surface area contributed by atoms with Crippen molar-refractivity contribution in [3.05, 3.63) is 59.2 Å². The molecule has 3 nitrogen and oxygen atoms in total. The zero-order chi connectivity index (χ0) is 16.5. The van der Waals surface area contributed by atoms with Gasteiger partial charge in [-0.15, -0.1) is 0 Å². The van der Waals surface area contributed by atoms with E-state index in [0.29, 0.717) is 12.5 Å². The Balaban J connectivity index is 1.60. The molecule has 1 saturated carbocycles. The van der Waals surface area contributed by atoms with Crippen molar-refractivity contribution in [2.75, 3.05) is 5.32 Å². The summed E-state index contributed by atoms with van der Waals surface area (Å²) >= 11 is 0. The van der Waals surface area contributed by atoms with Crippen LogP contribution in [0.1, 0.15) is 48.3 Å². The van der Waals surface area contributed by atoms with Crippen LogP contribution in [0.4, 0.5) is 5.69 Å². The van der Waals surface area contributed by atoms with Crippen LogP contribution in [0.3, 0.4) is 0 Å². The smallest absolute Gasteiger partial charge is 0.232 e. The lowest BCUT2D eigenvalue weighted by atomic mass is 9.92. The summed E-state index contributed by atoms with van der Waals surface area (Å²) in [6.45, 7) is 2.04. The SMILES string of the molecule is Cc1cccc2c1NC(=O)C2Cc1ccccc1OC1CCCC1. The molecule has 0 spiro atoms. The van der Waals surface area contributed by atoms with Gasteiger partial charge in [-0.05, 0) is 61.8 Å². The standard InChI is InChI=1S/C21H23NO2/c1-14-7-6-11-17-18(21(23)22-20(14)17)13-15-8-2-5-12-19(15)24-16-9-3-4-10-16/h2,5-8,11-12,16,18H,3-4,9-10,13H2,1H3,(H,22,23). The molecule has 2 aromatic carbocycles. The molecule has 24 heavy (non-hydrogen) atoms. The molecule has 1 fully saturated rings. The van der Waals surface area contributed by atoms with Crippen molar-refractivity contribution in [3.8, 4) is 5.75 Å². The minimum absolute atomic E-state index is 0.0926. The minimum atomic E-state index is -0.131. The van der Waals surface area contributed by atoms with Gasteiger partial charge >= 0.3 is 0 Å². The van der Waals surface area contributed by atoms with E-state index in [0.717, 1.165) is 41.0 Å². The monoisotopic (exact) mass is 321 g/mol. The van der Waals surface area contributed by atoms with Crippen molar-refractivity contribution in [1.29, 1.82) is 0 Å². The van der Waals surface area contributed by atoms with E-state index >= 15 is 0 Å². The molecule has 0 radical (unpaired) electrons. The summed E-state index contributed by atoms with van der Waals surface area (Å²) in [5.74, 6) is 0.904. The Morgan fingerprint density at radius 2 is 1.88 bits per heavy atom. The fourth-order valence-electron chi connectivity index (χ4n) is 3.90. The van der Waals surface area contributed by atoms with Gasteiger partial charge in [0, 0.05) is 5.69 Å². The first kappa shape index (κ1) is 15.3. The van der Waals surface area contributed by atoms with Crippen LogP contribution >= 0.6 is 0 Å². The first-order chi connectivity index (χ1) is 11.7. The largest absolute Gasteiger partial charge is 0.490 e. The van der Waals surface area contributed by atoms with Crippen LogP contribution < -0.4 is 10.1 Å². The predicted molar refractivity (Wildman–Crippen MR) is 95.6 cm³/mol. The van der Waals surface area contributed by atoms with E-state index in [1.807, 2.05) is 37.3 Å². The first-order valence-electron chi connectivity index (χ1n) is 8.87. The lowest BCUT2D eigenvalue weighted by molar-refractivity contribution is -0.117. The summed E-state index contributed by atoms with van der Waals surface area (Å²) in [5, 5.41) is 3.05. The summed E-state index contributed by atoms with van der Waals surface area (Å²) in [6, 6.07) is 14.3. The topological polar surface area (TPSA) is 38.3 Å². The third kappa shape index (κ3) is 2.79. The van der Waals surface area contributed by atoms with Crippen LogP contribution in [0.25, 0.3) is 0 Å². The van der Waals surface area contributed by atoms with Crippen molar-refractivity contribution < 1.29 is 9.53 Å². The molecule has 1 amide bonds. The normalized spacial score (nSPS) is 20.0. The zero-order valence-electron chi connectivity index (χ0n) is 14.0. The van der Waals surface area contributed by atoms with E-state index in [1.54, 1.807) is 0 Å². The number of hydrogen-bond acceptors (Lipinski definition) is 2. The first-order valence-corrected chi connectivity index (χ1v) is 8.87. The molecule has 2 aromatic rings. The fraction of sp³-hybridized carbons (Fsp3) is 0.381. The quantitative estimate of drug-likeness (QED) is 0.894. The Labute approximate surface area is 143 Å². The van der Waals surface area contributed by atoms with Crippen LogP contribution in [0.15, 0.2) is 42.5 Å². The highest BCUT2D eigenvalue weighted by Crippen LogP contribution is 2.38. The maximum atomic E-state index is 12.5. The van der Waals surface area contributed by atoms with Gasteiger partial charge in [0.05, 0.1) is 12.0 Å². The molecule has 1 N–H and O–H groups in total. The minimum Gasteiger partial charge on any atom is -0.490 e. The molecular formula is C21H23NO2. The van der Waals surface area contributed by atoms with Gasteiger partial charge in [0.15, 0.2) is 0 Å². The number of para-hydroxylation sites is 2. The molecule has 1 aliphatic heterocycles. The van der Waals surface area contributed by atoms with E-state index in [2.05, 4.69) is 17.4 Å². The molecule has 124 valence electrons. The molecule has 0 saturated heterocycles. The van der Waals surface area contributed by atoms with Gasteiger partial charge in [0.2, 0.25) is 5.91 Å². The van der Waals surface area contributed by atoms with Crippen LogP contribution in [0.2, 0.25) is 0 Å². The Kier molecular flexibility index (Phi) is 4.01. The lowest BCUT2D eigenvalue weighted by Gasteiger charge is -2.18. The second-order valence-corrected chi connectivity index (χ2v) is 6.92. The third-order valence-electron chi connectivity index (χ3n) is 5.24. The van der Waals surface area contributed by atoms with Crippen molar-refractivity contribution in [2.45, 2.75) is 51.0 Å². The van der Waals surface area contributed by atoms with Gasteiger partial charge in [-0.2, -0.15) is 0 Å². The average molecular weight is 321 g/mol. The summed E-state index contributed by atoms with van der Waals surface area (Å²) in [5.41, 5.74) is 4.34. The number of ether oxygens (including phenoxy) is 1. The molecule has 0 aromatic heterocycles. The summed E-state index contributed by atoms with van der Waals surface area (Å²) < 4.78 is 6.23. The third-order valence-corrected chi connectivity index (χ3v) is 5.24. The number of nitrogens with one attached hydrogen (secondary N) is 1. The molecule has 1 atom stereocenters. The number of rotatable bonds is 4. The highest BCUT2D eigenvalue weighted by atomic mass is 16.5. The van der Waals surface area contributed by atoms with Gasteiger partial charge < -0.3 is 10.1 Å². The average Bonchev–Trinajstić information content (AvgIpc) is 3.19. The number of fused-ring (bicyclic) bond motifs is 1. The highest BCUT2D eigenvalue weighted by molar-refractivity contribution is 6.03. The van der Waals surface area contributed by atoms with Crippen LogP contribution in [0, 0.1) is 6.92 Å². The van der Waals surface area contributed by atoms with Gasteiger partial charge in [-0.1, -0.05) is 36.4 Å². The van der Waals surface area contributed by atoms with Gasteiger partial charge in [0.25, 0.3) is 0 Å². The second kappa shape index (κ2) is 6.31. The number of aryl methyl sites for hydroxylation is 1. The molecule has 3 heteroatoms. The number of anilines is 1. The Morgan fingerprint density at radius 3 is 2.71 bits per heavy atom. The van der Waals surface area contributed by atoms with Crippen LogP contribution in [-0.4, -0.2) is 12.0 Å². The van der Waals surface area contributed by atoms with Crippen molar-refractivity contribution in [2.24, 2.45) is 0 Å². The predicted octanol–water partition coefficient (Wildman–Crippen LogP) is 4.59. The number of carbonyl (C=O) groups excluding carboxylic acids is 1. The van der Waals surface area contributed by atoms with Crippen molar-refractivity contribution in [3.63, 3.8) is 0 Å². The van der Waals surface area contributed by atoms with Crippen LogP contribution in [0.5, 0.6) is 5.75 Å². The molecule has 0 bridgehead atoms. The molecule has 1 heterocycles. The second-order valence-electron chi connectivity index (χ2n) is 6.92. The van der Waals surface area contributed by atoms with E-state index in [1.165, 1.54) is 12.8 Å². The number of benzene rings is 2. The van der Waals surface area contributed by atoms with E-state index in [-0.39, 0.29) is 11.8 Å². The molecule has 4 rings (SSSR count). The molecule has 1 aliphatic carbocycles. The summed E-state index contributed by atoms with van der Waals surface area (Å²) in [4.78, 5) is 12.5. The van der Waals surface area contributed by atoms with Crippen molar-refractivity contribution in [1.82, 2.24) is 0 Å². The number of carbonyl (C=O) groups is 1. The summed E-state index contributed by atoms with van der Waals surface area (Å²) in [6.07, 6.45) is 5.80. The van der Waals surface area contributed by atoms with Gasteiger partial charge in [-0.3, -0.25) is 4.79 Å². The van der Waals surface area contributed by atoms with Gasteiger partial charge in [0.1, 0.15) is 5.75 Å². The fourth-order valence-corrected chi connectivity index (χ4v) is 3.90. The van der Waals surface area contributed by atoms with E-state index in [9.17, 15) is 4.79 Å². The maximum absolute atomic E-state index is 12.5. The molecular weight excluding hydrogens is 298 g/mol. The van der Waals surface area contributed by atoms with Crippen LogP contribution in [-0.2, 0) is 11.2 Å².